The quantitative estimate of drug-likeness (QED) is 0.406. The first-order chi connectivity index (χ1) is 21.9. The number of likely N-dealkylation sites (tertiary alicyclic amines) is 1. The Balaban J connectivity index is 1.30. The van der Waals surface area contributed by atoms with Crippen LogP contribution in [0.1, 0.15) is 82.2 Å². The second-order valence-corrected chi connectivity index (χ2v) is 14.7. The topological polar surface area (TPSA) is 173 Å². The summed E-state index contributed by atoms with van der Waals surface area (Å²) in [6.07, 6.45) is 4.14. The van der Waals surface area contributed by atoms with Gasteiger partial charge < -0.3 is 29.5 Å². The molecule has 3 atom stereocenters. The SMILES string of the molecule is C[C@H](Oc1nc(-c2noc([C@@]3(C)CCCc4sc(N)c(C#N)c43)n2)nc(N2CCN(C(=O)OC(C)(C)C)CC2)n1)[C@@H]1CCCN1C. The molecule has 1 aliphatic carbocycles. The van der Waals surface area contributed by atoms with Gasteiger partial charge in [-0.1, -0.05) is 5.16 Å². The van der Waals surface area contributed by atoms with Crippen molar-refractivity contribution in [2.24, 2.45) is 0 Å². The van der Waals surface area contributed by atoms with Gasteiger partial charge in [0.2, 0.25) is 23.5 Å². The number of carbonyl (C=O) groups excluding carboxylic acids is 1. The molecule has 0 radical (unpaired) electrons. The second kappa shape index (κ2) is 12.3. The van der Waals surface area contributed by atoms with E-state index < -0.39 is 11.0 Å². The van der Waals surface area contributed by atoms with E-state index in [1.165, 1.54) is 11.3 Å². The van der Waals surface area contributed by atoms with Crippen LogP contribution in [0.2, 0.25) is 0 Å². The Hall–Kier alpha value is -4.03. The highest BCUT2D eigenvalue weighted by atomic mass is 32.1. The van der Waals surface area contributed by atoms with Crippen molar-refractivity contribution in [1.82, 2.24) is 34.9 Å². The van der Waals surface area contributed by atoms with Crippen molar-refractivity contribution >= 4 is 28.4 Å². The summed E-state index contributed by atoms with van der Waals surface area (Å²) >= 11 is 1.46. The number of fused-ring (bicyclic) bond motifs is 1. The Morgan fingerprint density at radius 2 is 1.89 bits per heavy atom. The molecule has 3 aromatic heterocycles. The van der Waals surface area contributed by atoms with Gasteiger partial charge in [-0.2, -0.15) is 25.2 Å². The zero-order valence-electron chi connectivity index (χ0n) is 27.4. The van der Waals surface area contributed by atoms with E-state index in [2.05, 4.69) is 28.2 Å². The van der Waals surface area contributed by atoms with E-state index in [4.69, 9.17) is 34.7 Å². The summed E-state index contributed by atoms with van der Waals surface area (Å²) in [4.78, 5) is 38.6. The predicted octanol–water partition coefficient (Wildman–Crippen LogP) is 4.00. The molecule has 3 aromatic rings. The van der Waals surface area contributed by atoms with Crippen LogP contribution in [-0.2, 0) is 16.6 Å². The number of anilines is 2. The molecule has 3 aliphatic rings. The molecule has 5 heterocycles. The fourth-order valence-electron chi connectivity index (χ4n) is 6.68. The molecular weight excluding hydrogens is 608 g/mol. The molecular formula is C31H42N10O4S. The Morgan fingerprint density at radius 3 is 2.57 bits per heavy atom. The molecule has 2 N–H and O–H groups in total. The first-order valence-corrected chi connectivity index (χ1v) is 16.7. The third kappa shape index (κ3) is 6.20. The molecule has 0 aromatic carbocycles. The van der Waals surface area contributed by atoms with E-state index in [1.54, 1.807) is 4.90 Å². The van der Waals surface area contributed by atoms with Crippen molar-refractivity contribution in [3.8, 4) is 23.7 Å². The molecule has 0 spiro atoms. The fourth-order valence-corrected chi connectivity index (χ4v) is 7.87. The zero-order valence-corrected chi connectivity index (χ0v) is 28.2. The molecule has 1 amide bonds. The molecule has 0 bridgehead atoms. The van der Waals surface area contributed by atoms with Gasteiger partial charge in [0, 0.05) is 42.7 Å². The Morgan fingerprint density at radius 1 is 1.13 bits per heavy atom. The molecule has 6 rings (SSSR count). The molecule has 2 saturated heterocycles. The number of hydrogen-bond donors (Lipinski definition) is 1. The van der Waals surface area contributed by atoms with Gasteiger partial charge in [-0.05, 0) is 80.3 Å². The number of amides is 1. The van der Waals surface area contributed by atoms with Crippen molar-refractivity contribution in [3.63, 3.8) is 0 Å². The monoisotopic (exact) mass is 650 g/mol. The molecule has 2 aliphatic heterocycles. The van der Waals surface area contributed by atoms with Crippen molar-refractivity contribution < 1.29 is 18.8 Å². The number of nitrogen functional groups attached to an aromatic ring is 1. The first-order valence-electron chi connectivity index (χ1n) is 15.9. The number of hydrogen-bond acceptors (Lipinski definition) is 14. The normalized spacial score (nSPS) is 22.8. The number of piperazine rings is 1. The van der Waals surface area contributed by atoms with Crippen molar-refractivity contribution in [3.05, 3.63) is 21.9 Å². The number of nitriles is 1. The van der Waals surface area contributed by atoms with Crippen LogP contribution < -0.4 is 15.4 Å². The summed E-state index contributed by atoms with van der Waals surface area (Å²) in [6, 6.07) is 2.71. The molecule has 14 nitrogen and oxygen atoms in total. The lowest BCUT2D eigenvalue weighted by molar-refractivity contribution is 0.0240. The molecule has 0 unspecified atom stereocenters. The van der Waals surface area contributed by atoms with Crippen LogP contribution in [0.4, 0.5) is 15.7 Å². The van der Waals surface area contributed by atoms with E-state index in [0.29, 0.717) is 48.6 Å². The fraction of sp³-hybridized carbons (Fsp3) is 0.645. The summed E-state index contributed by atoms with van der Waals surface area (Å²) in [6.45, 7) is 12.5. The molecule has 46 heavy (non-hydrogen) atoms. The molecule has 246 valence electrons. The first kappa shape index (κ1) is 31.9. The summed E-state index contributed by atoms with van der Waals surface area (Å²) in [5.41, 5.74) is 6.34. The lowest BCUT2D eigenvalue weighted by Gasteiger charge is -2.35. The standard InChI is InChI=1S/C31H42N10O4S/c1-18(20-9-8-12-39(20)6)43-28-36-24(35-27(37-28)40-13-15-41(16-14-40)29(42)44-30(2,3)4)25-34-26(45-38-25)31(5)11-7-10-21-22(31)19(17-32)23(33)46-21/h18,20H,7-16,33H2,1-6H3/t18-,20-,31-/m0/s1. The minimum atomic E-state index is -0.674. The Kier molecular flexibility index (Phi) is 8.53. The number of aromatic nitrogens is 5. The van der Waals surface area contributed by atoms with E-state index in [1.807, 2.05) is 39.5 Å². The highest BCUT2D eigenvalue weighted by molar-refractivity contribution is 7.16. The maximum absolute atomic E-state index is 12.7. The highest BCUT2D eigenvalue weighted by Crippen LogP contribution is 2.48. The van der Waals surface area contributed by atoms with Gasteiger partial charge in [-0.25, -0.2) is 4.79 Å². The van der Waals surface area contributed by atoms with Gasteiger partial charge in [0.1, 0.15) is 22.8 Å². The van der Waals surface area contributed by atoms with Crippen LogP contribution >= 0.6 is 11.3 Å². The number of nitrogens with two attached hydrogens (primary N) is 1. The van der Waals surface area contributed by atoms with Crippen LogP contribution in [-0.4, -0.2) is 98.5 Å². The number of likely N-dealkylation sites (N-methyl/N-ethyl adjacent to an activating group) is 1. The zero-order chi connectivity index (χ0) is 32.8. The summed E-state index contributed by atoms with van der Waals surface area (Å²) < 4.78 is 17.8. The van der Waals surface area contributed by atoms with Crippen molar-refractivity contribution in [2.45, 2.75) is 89.9 Å². The molecule has 2 fully saturated rings. The lowest BCUT2D eigenvalue weighted by Crippen LogP contribution is -2.50. The third-order valence-electron chi connectivity index (χ3n) is 9.08. The highest BCUT2D eigenvalue weighted by Gasteiger charge is 2.43. The summed E-state index contributed by atoms with van der Waals surface area (Å²) in [5, 5.41) is 14.7. The summed E-state index contributed by atoms with van der Waals surface area (Å²) in [7, 11) is 2.10. The lowest BCUT2D eigenvalue weighted by atomic mass is 9.72. The number of carbonyl (C=O) groups is 1. The average Bonchev–Trinajstić information content (AvgIpc) is 3.75. The van der Waals surface area contributed by atoms with Crippen molar-refractivity contribution in [2.75, 3.05) is 50.4 Å². The maximum atomic E-state index is 12.7. The van der Waals surface area contributed by atoms with Gasteiger partial charge in [0.15, 0.2) is 0 Å². The average molecular weight is 651 g/mol. The summed E-state index contributed by atoms with van der Waals surface area (Å²) in [5.74, 6) is 1.22. The minimum Gasteiger partial charge on any atom is -0.459 e. The van der Waals surface area contributed by atoms with Crippen LogP contribution in [0.5, 0.6) is 6.01 Å². The van der Waals surface area contributed by atoms with Crippen LogP contribution in [0.25, 0.3) is 11.6 Å². The molecule has 15 heteroatoms. The van der Waals surface area contributed by atoms with Crippen molar-refractivity contribution in [1.29, 1.82) is 5.26 Å². The number of rotatable bonds is 6. The van der Waals surface area contributed by atoms with Crippen LogP contribution in [0.3, 0.4) is 0 Å². The van der Waals surface area contributed by atoms with Gasteiger partial charge in [0.05, 0.1) is 11.0 Å². The van der Waals surface area contributed by atoms with Gasteiger partial charge in [0.25, 0.3) is 0 Å². The molecule has 0 saturated carbocycles. The van der Waals surface area contributed by atoms with Crippen LogP contribution in [0, 0.1) is 11.3 Å². The van der Waals surface area contributed by atoms with Crippen LogP contribution in [0.15, 0.2) is 4.52 Å². The number of ether oxygens (including phenoxy) is 2. The van der Waals surface area contributed by atoms with Gasteiger partial charge in [-0.15, -0.1) is 11.3 Å². The third-order valence-corrected chi connectivity index (χ3v) is 10.2. The number of thiophene rings is 1. The van der Waals surface area contributed by atoms with E-state index in [9.17, 15) is 10.1 Å². The smallest absolute Gasteiger partial charge is 0.410 e. The van der Waals surface area contributed by atoms with Gasteiger partial charge >= 0.3 is 12.1 Å². The minimum absolute atomic E-state index is 0.159. The van der Waals surface area contributed by atoms with Gasteiger partial charge in [-0.3, -0.25) is 4.90 Å². The second-order valence-electron chi connectivity index (χ2n) is 13.6. The Bertz CT molecular complexity index is 1640. The largest absolute Gasteiger partial charge is 0.459 e. The predicted molar refractivity (Wildman–Crippen MR) is 172 cm³/mol. The number of nitrogens with zero attached hydrogens (tertiary/aromatic N) is 9. The maximum Gasteiger partial charge on any atom is 0.410 e. The Labute approximate surface area is 272 Å². The van der Waals surface area contributed by atoms with E-state index in [-0.39, 0.29) is 35.9 Å². The number of aryl methyl sites for hydroxylation is 1. The van der Waals surface area contributed by atoms with E-state index >= 15 is 0 Å². The van der Waals surface area contributed by atoms with E-state index in [0.717, 1.165) is 49.1 Å².